The molecule has 0 amide bonds. The molecule has 42 heavy (non-hydrogen) atoms. The van der Waals surface area contributed by atoms with Gasteiger partial charge in [0.1, 0.15) is 22.5 Å². The molecule has 0 aliphatic carbocycles. The predicted molar refractivity (Wildman–Crippen MR) is 181 cm³/mol. The fourth-order valence-electron chi connectivity index (χ4n) is 6.14. The van der Waals surface area contributed by atoms with Crippen LogP contribution in [0.4, 0.5) is 0 Å². The molecular formula is C38H61N3O. The van der Waals surface area contributed by atoms with Gasteiger partial charge in [-0.1, -0.05) is 148 Å². The van der Waals surface area contributed by atoms with Crippen LogP contribution in [0.1, 0.15) is 166 Å². The van der Waals surface area contributed by atoms with Gasteiger partial charge in [0.2, 0.25) is 0 Å². The van der Waals surface area contributed by atoms with E-state index in [1.54, 1.807) is 4.80 Å². The van der Waals surface area contributed by atoms with Crippen LogP contribution in [0.3, 0.4) is 0 Å². The molecule has 1 heterocycles. The third-order valence-electron chi connectivity index (χ3n) is 8.92. The number of unbranched alkanes of at least 4 members (excludes halogenated alkanes) is 18. The van der Waals surface area contributed by atoms with Gasteiger partial charge in [-0.05, 0) is 67.0 Å². The summed E-state index contributed by atoms with van der Waals surface area (Å²) in [6.45, 7) is 6.73. The van der Waals surface area contributed by atoms with Crippen LogP contribution in [0.2, 0.25) is 0 Å². The maximum absolute atomic E-state index is 11.4. The normalized spacial score (nSPS) is 11.6. The fourth-order valence-corrected chi connectivity index (χ4v) is 6.14. The summed E-state index contributed by atoms with van der Waals surface area (Å²) in [4.78, 5) is 1.67. The Labute approximate surface area is 257 Å². The minimum atomic E-state index is 0.355. The van der Waals surface area contributed by atoms with E-state index in [0.717, 1.165) is 48.0 Å². The number of rotatable bonds is 24. The average Bonchev–Trinajstić information content (AvgIpc) is 3.43. The van der Waals surface area contributed by atoms with Gasteiger partial charge in [-0.3, -0.25) is 0 Å². The molecule has 0 spiro atoms. The molecule has 0 radical (unpaired) electrons. The molecule has 0 unspecified atom stereocenters. The van der Waals surface area contributed by atoms with Crippen molar-refractivity contribution in [3.63, 3.8) is 0 Å². The first kappa shape index (κ1) is 34.1. The van der Waals surface area contributed by atoms with Crippen molar-refractivity contribution in [3.8, 4) is 11.4 Å². The second-order valence-corrected chi connectivity index (χ2v) is 12.7. The Morgan fingerprint density at radius 2 is 1.02 bits per heavy atom. The molecule has 1 N–H and O–H groups in total. The summed E-state index contributed by atoms with van der Waals surface area (Å²) in [6.07, 6.45) is 29.7. The second kappa shape index (κ2) is 20.5. The lowest BCUT2D eigenvalue weighted by atomic mass is 9.98. The SMILES string of the molecule is CCCCCCCCCCCCc1cc(CCCCCCCCCCCC)c(O)c(-n2nc3ccc(CC)cc3n2)c1. The molecule has 0 aliphatic rings. The third-order valence-corrected chi connectivity index (χ3v) is 8.92. The highest BCUT2D eigenvalue weighted by atomic mass is 16.3. The van der Waals surface area contributed by atoms with Crippen LogP contribution in [-0.4, -0.2) is 20.1 Å². The Balaban J connectivity index is 1.57. The van der Waals surface area contributed by atoms with Crippen LogP contribution in [0.15, 0.2) is 30.3 Å². The van der Waals surface area contributed by atoms with Gasteiger partial charge in [0.25, 0.3) is 0 Å². The standard InChI is InChI=1S/C38H61N3O/c1-4-7-9-11-13-15-17-19-21-23-25-33-29-34(26-24-22-20-18-16-14-12-10-8-5-2)38(42)37(31-33)41-39-35-28-27-32(6-3)30-36(35)40-41/h27-31,42H,4-26H2,1-3H3. The van der Waals surface area contributed by atoms with Crippen molar-refractivity contribution in [1.82, 2.24) is 15.0 Å². The molecule has 0 atom stereocenters. The van der Waals surface area contributed by atoms with Gasteiger partial charge in [0, 0.05) is 0 Å². The number of fused-ring (bicyclic) bond motifs is 1. The molecule has 2 aromatic carbocycles. The molecule has 1 aromatic heterocycles. The van der Waals surface area contributed by atoms with Gasteiger partial charge in [0.15, 0.2) is 0 Å². The zero-order valence-corrected chi connectivity index (χ0v) is 27.4. The molecular weight excluding hydrogens is 514 g/mol. The molecule has 0 saturated heterocycles. The zero-order chi connectivity index (χ0) is 29.8. The Morgan fingerprint density at radius 3 is 1.57 bits per heavy atom. The van der Waals surface area contributed by atoms with E-state index in [-0.39, 0.29) is 0 Å². The number of aromatic nitrogens is 3. The number of aromatic hydroxyl groups is 1. The minimum Gasteiger partial charge on any atom is -0.505 e. The van der Waals surface area contributed by atoms with E-state index >= 15 is 0 Å². The number of phenolic OH excluding ortho intramolecular Hbond substituents is 1. The minimum absolute atomic E-state index is 0.355. The third kappa shape index (κ3) is 12.1. The molecule has 4 heteroatoms. The smallest absolute Gasteiger partial charge is 0.146 e. The number of hydrogen-bond acceptors (Lipinski definition) is 3. The maximum atomic E-state index is 11.4. The van der Waals surface area contributed by atoms with Crippen molar-refractivity contribution < 1.29 is 5.11 Å². The van der Waals surface area contributed by atoms with Gasteiger partial charge < -0.3 is 5.11 Å². The molecule has 3 rings (SSSR count). The summed E-state index contributed by atoms with van der Waals surface area (Å²) < 4.78 is 0. The van der Waals surface area contributed by atoms with Crippen molar-refractivity contribution in [3.05, 3.63) is 47.0 Å². The molecule has 3 aromatic rings. The lowest BCUT2D eigenvalue weighted by molar-refractivity contribution is 0.458. The molecule has 0 saturated carbocycles. The van der Waals surface area contributed by atoms with Crippen LogP contribution >= 0.6 is 0 Å². The van der Waals surface area contributed by atoms with E-state index in [9.17, 15) is 5.11 Å². The summed E-state index contributed by atoms with van der Waals surface area (Å²) in [5, 5.41) is 20.9. The Bertz CT molecular complexity index is 1130. The highest BCUT2D eigenvalue weighted by Gasteiger charge is 2.15. The summed E-state index contributed by atoms with van der Waals surface area (Å²) in [7, 11) is 0. The highest BCUT2D eigenvalue weighted by Crippen LogP contribution is 2.31. The number of benzene rings is 2. The van der Waals surface area contributed by atoms with E-state index in [2.05, 4.69) is 45.0 Å². The molecule has 0 bridgehead atoms. The number of phenols is 1. The lowest BCUT2D eigenvalue weighted by Gasteiger charge is -2.13. The summed E-state index contributed by atoms with van der Waals surface area (Å²) in [6, 6.07) is 10.7. The van der Waals surface area contributed by atoms with Crippen molar-refractivity contribution >= 4 is 11.0 Å². The van der Waals surface area contributed by atoms with Gasteiger partial charge >= 0.3 is 0 Å². The molecule has 0 fully saturated rings. The second-order valence-electron chi connectivity index (χ2n) is 12.7. The monoisotopic (exact) mass is 575 g/mol. The highest BCUT2D eigenvalue weighted by molar-refractivity contribution is 5.75. The molecule has 4 nitrogen and oxygen atoms in total. The Morgan fingerprint density at radius 1 is 0.524 bits per heavy atom. The van der Waals surface area contributed by atoms with E-state index in [1.807, 2.05) is 6.07 Å². The van der Waals surface area contributed by atoms with E-state index in [1.165, 1.54) is 133 Å². The number of aryl methyl sites for hydroxylation is 3. The fraction of sp³-hybridized carbons (Fsp3) is 0.684. The lowest BCUT2D eigenvalue weighted by Crippen LogP contribution is -2.03. The summed E-state index contributed by atoms with van der Waals surface area (Å²) in [5.41, 5.74) is 6.13. The van der Waals surface area contributed by atoms with E-state index in [0.29, 0.717) is 5.75 Å². The zero-order valence-electron chi connectivity index (χ0n) is 27.4. The van der Waals surface area contributed by atoms with Gasteiger partial charge in [-0.25, -0.2) is 0 Å². The topological polar surface area (TPSA) is 50.9 Å². The van der Waals surface area contributed by atoms with Crippen LogP contribution in [0.25, 0.3) is 16.7 Å². The van der Waals surface area contributed by atoms with Gasteiger partial charge in [-0.15, -0.1) is 15.0 Å². The average molecular weight is 576 g/mol. The number of hydrogen-bond donors (Lipinski definition) is 1. The van der Waals surface area contributed by atoms with Crippen LogP contribution < -0.4 is 0 Å². The summed E-state index contributed by atoms with van der Waals surface area (Å²) in [5.74, 6) is 0.355. The summed E-state index contributed by atoms with van der Waals surface area (Å²) >= 11 is 0. The maximum Gasteiger partial charge on any atom is 0.146 e. The number of nitrogens with zero attached hydrogens (tertiary/aromatic N) is 3. The van der Waals surface area contributed by atoms with Crippen LogP contribution in [-0.2, 0) is 19.3 Å². The van der Waals surface area contributed by atoms with Crippen molar-refractivity contribution in [2.45, 2.75) is 168 Å². The van der Waals surface area contributed by atoms with Crippen LogP contribution in [0, 0.1) is 0 Å². The van der Waals surface area contributed by atoms with Gasteiger partial charge in [-0.2, -0.15) is 0 Å². The molecule has 234 valence electrons. The van der Waals surface area contributed by atoms with Crippen molar-refractivity contribution in [2.24, 2.45) is 0 Å². The first-order valence-corrected chi connectivity index (χ1v) is 17.9. The van der Waals surface area contributed by atoms with E-state index in [4.69, 9.17) is 10.2 Å². The molecule has 0 aliphatic heterocycles. The van der Waals surface area contributed by atoms with Crippen molar-refractivity contribution in [1.29, 1.82) is 0 Å². The first-order chi connectivity index (χ1) is 20.7. The van der Waals surface area contributed by atoms with Crippen molar-refractivity contribution in [2.75, 3.05) is 0 Å². The largest absolute Gasteiger partial charge is 0.505 e. The Hall–Kier alpha value is -2.36. The first-order valence-electron chi connectivity index (χ1n) is 17.9. The van der Waals surface area contributed by atoms with Crippen LogP contribution in [0.5, 0.6) is 5.75 Å². The van der Waals surface area contributed by atoms with E-state index < -0.39 is 0 Å². The predicted octanol–water partition coefficient (Wildman–Crippen LogP) is 11.6. The Kier molecular flexibility index (Phi) is 16.7. The quantitative estimate of drug-likeness (QED) is 0.108. The van der Waals surface area contributed by atoms with Gasteiger partial charge in [0.05, 0.1) is 0 Å².